The number of hydrogen-bond acceptors (Lipinski definition) is 3. The molecule has 0 aromatic rings. The first kappa shape index (κ1) is 17.1. The van der Waals surface area contributed by atoms with Crippen LogP contribution < -0.4 is 5.32 Å². The maximum Gasteiger partial charge on any atom is 0.407 e. The number of ether oxygens (including phenoxy) is 1. The molecule has 1 saturated carbocycles. The predicted molar refractivity (Wildman–Crippen MR) is 85.5 cm³/mol. The van der Waals surface area contributed by atoms with Gasteiger partial charge in [0.2, 0.25) is 5.91 Å². The van der Waals surface area contributed by atoms with Crippen molar-refractivity contribution < 1.29 is 14.3 Å². The van der Waals surface area contributed by atoms with E-state index in [2.05, 4.69) is 10.2 Å². The van der Waals surface area contributed by atoms with E-state index in [1.165, 1.54) is 32.1 Å². The average Bonchev–Trinajstić information content (AvgIpc) is 2.85. The maximum absolute atomic E-state index is 12.4. The molecule has 2 amide bonds. The summed E-state index contributed by atoms with van der Waals surface area (Å²) in [5.41, 5.74) is -0.481. The van der Waals surface area contributed by atoms with Crippen LogP contribution in [0.2, 0.25) is 0 Å². The molecule has 2 unspecified atom stereocenters. The van der Waals surface area contributed by atoms with Crippen molar-refractivity contribution in [1.82, 2.24) is 10.2 Å². The van der Waals surface area contributed by atoms with Crippen molar-refractivity contribution in [2.75, 3.05) is 13.1 Å². The first-order valence-electron chi connectivity index (χ1n) is 8.63. The van der Waals surface area contributed by atoms with Gasteiger partial charge < -0.3 is 15.0 Å². The Kier molecular flexibility index (Phi) is 5.70. The highest BCUT2D eigenvalue weighted by Gasteiger charge is 2.37. The number of fused-ring (bicyclic) bond motifs is 1. The number of carbonyl (C=O) groups is 2. The first-order chi connectivity index (χ1) is 10.4. The highest BCUT2D eigenvalue weighted by atomic mass is 16.6. The standard InChI is InChI=1S/C17H30N2O3/c1-17(2,3)22-16(21)18-11-6-9-15(20)19-12-10-13-7-4-5-8-14(13)19/h13-14H,4-12H2,1-3H3,(H,18,21). The van der Waals surface area contributed by atoms with E-state index < -0.39 is 11.7 Å². The number of likely N-dealkylation sites (tertiary alicyclic amines) is 1. The van der Waals surface area contributed by atoms with E-state index >= 15 is 0 Å². The summed E-state index contributed by atoms with van der Waals surface area (Å²) in [6.45, 7) is 6.93. The molecule has 0 aromatic carbocycles. The molecule has 2 aliphatic rings. The fourth-order valence-corrected chi connectivity index (χ4v) is 3.60. The van der Waals surface area contributed by atoms with Crippen LogP contribution >= 0.6 is 0 Å². The average molecular weight is 310 g/mol. The molecule has 5 nitrogen and oxygen atoms in total. The Labute approximate surface area is 133 Å². The Morgan fingerprint density at radius 3 is 2.64 bits per heavy atom. The first-order valence-corrected chi connectivity index (χ1v) is 8.63. The molecule has 1 N–H and O–H groups in total. The number of nitrogens with one attached hydrogen (secondary N) is 1. The SMILES string of the molecule is CC(C)(C)OC(=O)NCCCC(=O)N1CCC2CCCCC21. The van der Waals surface area contributed by atoms with Crippen molar-refractivity contribution in [3.63, 3.8) is 0 Å². The molecular weight excluding hydrogens is 280 g/mol. The van der Waals surface area contributed by atoms with Gasteiger partial charge in [-0.2, -0.15) is 0 Å². The lowest BCUT2D eigenvalue weighted by Gasteiger charge is -2.31. The van der Waals surface area contributed by atoms with Crippen LogP contribution in [0.25, 0.3) is 0 Å². The zero-order valence-corrected chi connectivity index (χ0v) is 14.2. The van der Waals surface area contributed by atoms with Gasteiger partial charge in [-0.3, -0.25) is 4.79 Å². The number of hydrogen-bond donors (Lipinski definition) is 1. The molecule has 2 fully saturated rings. The van der Waals surface area contributed by atoms with Crippen LogP contribution in [0.1, 0.15) is 65.7 Å². The van der Waals surface area contributed by atoms with Crippen molar-refractivity contribution in [1.29, 1.82) is 0 Å². The lowest BCUT2D eigenvalue weighted by molar-refractivity contribution is -0.132. The third-order valence-electron chi connectivity index (χ3n) is 4.57. The molecule has 1 heterocycles. The highest BCUT2D eigenvalue weighted by molar-refractivity contribution is 5.77. The van der Waals surface area contributed by atoms with Crippen LogP contribution in [0.15, 0.2) is 0 Å². The third-order valence-corrected chi connectivity index (χ3v) is 4.57. The second kappa shape index (κ2) is 7.34. The predicted octanol–water partition coefficient (Wildman–Crippen LogP) is 3.08. The van der Waals surface area contributed by atoms with Gasteiger partial charge in [0.25, 0.3) is 0 Å². The molecule has 0 radical (unpaired) electrons. The van der Waals surface area contributed by atoms with E-state index in [0.717, 1.165) is 12.5 Å². The molecule has 2 rings (SSSR count). The van der Waals surface area contributed by atoms with Crippen LogP contribution in [0, 0.1) is 5.92 Å². The minimum absolute atomic E-state index is 0.250. The monoisotopic (exact) mass is 310 g/mol. The van der Waals surface area contributed by atoms with Crippen molar-refractivity contribution in [2.24, 2.45) is 5.92 Å². The molecule has 1 aliphatic carbocycles. The van der Waals surface area contributed by atoms with Crippen LogP contribution in [-0.4, -0.2) is 41.6 Å². The number of alkyl carbamates (subject to hydrolysis) is 1. The van der Waals surface area contributed by atoms with E-state index in [9.17, 15) is 9.59 Å². The van der Waals surface area contributed by atoms with Crippen LogP contribution in [-0.2, 0) is 9.53 Å². The minimum atomic E-state index is -0.481. The van der Waals surface area contributed by atoms with Gasteiger partial charge in [-0.1, -0.05) is 12.8 Å². The van der Waals surface area contributed by atoms with E-state index in [1.54, 1.807) is 0 Å². The fourth-order valence-electron chi connectivity index (χ4n) is 3.60. The van der Waals surface area contributed by atoms with Gasteiger partial charge in [0.05, 0.1) is 0 Å². The van der Waals surface area contributed by atoms with Crippen LogP contribution in [0.4, 0.5) is 4.79 Å². The summed E-state index contributed by atoms with van der Waals surface area (Å²) < 4.78 is 5.17. The largest absolute Gasteiger partial charge is 0.444 e. The second-order valence-electron chi connectivity index (χ2n) is 7.52. The Balaban J connectivity index is 1.65. The zero-order valence-electron chi connectivity index (χ0n) is 14.2. The van der Waals surface area contributed by atoms with Crippen molar-refractivity contribution in [3.05, 3.63) is 0 Å². The Morgan fingerprint density at radius 2 is 1.91 bits per heavy atom. The highest BCUT2D eigenvalue weighted by Crippen LogP contribution is 2.36. The summed E-state index contributed by atoms with van der Waals surface area (Å²) in [6, 6.07) is 0.486. The molecule has 5 heteroatoms. The Bertz CT molecular complexity index is 403. The normalized spacial score (nSPS) is 24.8. The molecule has 2 atom stereocenters. The number of nitrogens with zero attached hydrogens (tertiary/aromatic N) is 1. The van der Waals surface area contributed by atoms with Gasteiger partial charge in [-0.25, -0.2) is 4.79 Å². The number of amides is 2. The summed E-state index contributed by atoms with van der Waals surface area (Å²) in [7, 11) is 0. The van der Waals surface area contributed by atoms with E-state index in [0.29, 0.717) is 25.4 Å². The quantitative estimate of drug-likeness (QED) is 0.812. The maximum atomic E-state index is 12.4. The number of carbonyl (C=O) groups excluding carboxylic acids is 2. The fraction of sp³-hybridized carbons (Fsp3) is 0.882. The minimum Gasteiger partial charge on any atom is -0.444 e. The topological polar surface area (TPSA) is 58.6 Å². The van der Waals surface area contributed by atoms with Gasteiger partial charge in [0, 0.05) is 25.6 Å². The molecule has 0 aromatic heterocycles. The van der Waals surface area contributed by atoms with Crippen molar-refractivity contribution in [2.45, 2.75) is 77.4 Å². The summed E-state index contributed by atoms with van der Waals surface area (Å²) >= 11 is 0. The summed E-state index contributed by atoms with van der Waals surface area (Å²) in [5.74, 6) is 0.984. The summed E-state index contributed by atoms with van der Waals surface area (Å²) in [6.07, 6.45) is 6.99. The Hall–Kier alpha value is -1.26. The summed E-state index contributed by atoms with van der Waals surface area (Å²) in [4.78, 5) is 26.0. The molecule has 1 aliphatic heterocycles. The third kappa shape index (κ3) is 4.89. The van der Waals surface area contributed by atoms with Gasteiger partial charge in [-0.15, -0.1) is 0 Å². The van der Waals surface area contributed by atoms with E-state index in [4.69, 9.17) is 4.74 Å². The smallest absolute Gasteiger partial charge is 0.407 e. The van der Waals surface area contributed by atoms with Crippen LogP contribution in [0.5, 0.6) is 0 Å². The van der Waals surface area contributed by atoms with Gasteiger partial charge in [-0.05, 0) is 52.4 Å². The van der Waals surface area contributed by atoms with Gasteiger partial charge in [0.15, 0.2) is 0 Å². The van der Waals surface area contributed by atoms with Crippen molar-refractivity contribution in [3.8, 4) is 0 Å². The van der Waals surface area contributed by atoms with Gasteiger partial charge >= 0.3 is 6.09 Å². The van der Waals surface area contributed by atoms with Crippen molar-refractivity contribution >= 4 is 12.0 Å². The van der Waals surface area contributed by atoms with Crippen LogP contribution in [0.3, 0.4) is 0 Å². The molecule has 22 heavy (non-hydrogen) atoms. The lowest BCUT2D eigenvalue weighted by Crippen LogP contribution is -2.39. The molecule has 0 bridgehead atoms. The molecule has 0 spiro atoms. The molecule has 1 saturated heterocycles. The van der Waals surface area contributed by atoms with E-state index in [1.807, 2.05) is 20.8 Å². The lowest BCUT2D eigenvalue weighted by atomic mass is 9.85. The summed E-state index contributed by atoms with van der Waals surface area (Å²) in [5, 5.41) is 2.71. The molecule has 126 valence electrons. The second-order valence-corrected chi connectivity index (χ2v) is 7.52. The molecular formula is C17H30N2O3. The number of rotatable bonds is 4. The zero-order chi connectivity index (χ0) is 16.2. The Morgan fingerprint density at radius 1 is 1.18 bits per heavy atom. The van der Waals surface area contributed by atoms with Gasteiger partial charge in [0.1, 0.15) is 5.60 Å². The van der Waals surface area contributed by atoms with E-state index in [-0.39, 0.29) is 5.91 Å².